The fraction of sp³-hybridized carbons (Fsp3) is 0.167. The van der Waals surface area contributed by atoms with E-state index in [1.165, 1.54) is 11.8 Å². The SMILES string of the molecule is O=C1N=C(N2CCOCC2)SC1=Cc1cn(-c2ccccc2)nc1-c1cccc(OCc2ccccc2Cl)c1. The van der Waals surface area contributed by atoms with Crippen molar-refractivity contribution >= 4 is 40.5 Å². The number of carbonyl (C=O) groups is 1. The van der Waals surface area contributed by atoms with Gasteiger partial charge in [0.1, 0.15) is 18.1 Å². The van der Waals surface area contributed by atoms with Crippen molar-refractivity contribution in [2.24, 2.45) is 4.99 Å². The van der Waals surface area contributed by atoms with Crippen molar-refractivity contribution in [2.75, 3.05) is 26.3 Å². The number of thioether (sulfide) groups is 1. The lowest BCUT2D eigenvalue weighted by molar-refractivity contribution is -0.113. The van der Waals surface area contributed by atoms with Crippen molar-refractivity contribution in [3.8, 4) is 22.7 Å². The van der Waals surface area contributed by atoms with Crippen molar-refractivity contribution in [3.05, 3.63) is 106 Å². The lowest BCUT2D eigenvalue weighted by Gasteiger charge is -2.27. The number of benzene rings is 3. The molecule has 0 aliphatic carbocycles. The van der Waals surface area contributed by atoms with E-state index in [0.717, 1.165) is 46.3 Å². The molecule has 2 aliphatic rings. The Hall–Kier alpha value is -3.85. The maximum Gasteiger partial charge on any atom is 0.286 e. The van der Waals surface area contributed by atoms with E-state index in [4.69, 9.17) is 26.2 Å². The molecule has 2 aliphatic heterocycles. The summed E-state index contributed by atoms with van der Waals surface area (Å²) in [7, 11) is 0. The second kappa shape index (κ2) is 11.5. The van der Waals surface area contributed by atoms with Gasteiger partial charge in [-0.3, -0.25) is 4.79 Å². The van der Waals surface area contributed by atoms with Crippen LogP contribution < -0.4 is 4.74 Å². The van der Waals surface area contributed by atoms with Crippen LogP contribution in [0.3, 0.4) is 0 Å². The molecule has 4 aromatic rings. The lowest BCUT2D eigenvalue weighted by Crippen LogP contribution is -2.38. The Morgan fingerprint density at radius 3 is 2.62 bits per heavy atom. The molecule has 9 heteroatoms. The first-order valence-corrected chi connectivity index (χ1v) is 13.8. The lowest BCUT2D eigenvalue weighted by atomic mass is 10.1. The zero-order chi connectivity index (χ0) is 26.6. The fourth-order valence-electron chi connectivity index (χ4n) is 4.37. The Morgan fingerprint density at radius 2 is 1.79 bits per heavy atom. The summed E-state index contributed by atoms with van der Waals surface area (Å²) < 4.78 is 13.3. The Bertz CT molecular complexity index is 1560. The molecule has 1 saturated heterocycles. The molecule has 6 rings (SSSR count). The smallest absolute Gasteiger partial charge is 0.286 e. The number of halogens is 1. The number of aromatic nitrogens is 2. The first-order chi connectivity index (χ1) is 19.1. The van der Waals surface area contributed by atoms with Gasteiger partial charge in [0.25, 0.3) is 5.91 Å². The van der Waals surface area contributed by atoms with Gasteiger partial charge in [-0.25, -0.2) is 4.68 Å². The minimum Gasteiger partial charge on any atom is -0.489 e. The number of nitrogens with zero attached hydrogens (tertiary/aromatic N) is 4. The highest BCUT2D eigenvalue weighted by Gasteiger charge is 2.28. The molecule has 1 aromatic heterocycles. The van der Waals surface area contributed by atoms with Crippen LogP contribution in [0.25, 0.3) is 23.0 Å². The van der Waals surface area contributed by atoms with Gasteiger partial charge in [-0.15, -0.1) is 0 Å². The van der Waals surface area contributed by atoms with Gasteiger partial charge in [0, 0.05) is 41.0 Å². The predicted molar refractivity (Wildman–Crippen MR) is 155 cm³/mol. The van der Waals surface area contributed by atoms with E-state index in [1.54, 1.807) is 0 Å². The first kappa shape index (κ1) is 25.4. The Labute approximate surface area is 235 Å². The minimum absolute atomic E-state index is 0.239. The van der Waals surface area contributed by atoms with Crippen LogP contribution in [0.1, 0.15) is 11.1 Å². The van der Waals surface area contributed by atoms with Gasteiger partial charge in [-0.05, 0) is 48.2 Å². The average molecular weight is 557 g/mol. The molecule has 196 valence electrons. The van der Waals surface area contributed by atoms with E-state index < -0.39 is 0 Å². The Balaban J connectivity index is 1.31. The number of amidine groups is 1. The van der Waals surface area contributed by atoms with Crippen LogP contribution in [0, 0.1) is 0 Å². The minimum atomic E-state index is -0.239. The van der Waals surface area contributed by atoms with E-state index in [1.807, 2.05) is 95.8 Å². The summed E-state index contributed by atoms with van der Waals surface area (Å²) in [5, 5.41) is 6.30. The predicted octanol–water partition coefficient (Wildman–Crippen LogP) is 6.07. The largest absolute Gasteiger partial charge is 0.489 e. The zero-order valence-corrected chi connectivity index (χ0v) is 22.6. The van der Waals surface area contributed by atoms with Gasteiger partial charge in [0.2, 0.25) is 0 Å². The molecule has 0 bridgehead atoms. The second-order valence-corrected chi connectivity index (χ2v) is 10.4. The number of morpholine rings is 1. The van der Waals surface area contributed by atoms with Gasteiger partial charge in [0.05, 0.1) is 23.8 Å². The van der Waals surface area contributed by atoms with E-state index in [0.29, 0.717) is 35.5 Å². The molecule has 7 nitrogen and oxygen atoms in total. The van der Waals surface area contributed by atoms with Crippen molar-refractivity contribution in [2.45, 2.75) is 6.61 Å². The van der Waals surface area contributed by atoms with Crippen molar-refractivity contribution in [3.63, 3.8) is 0 Å². The molecule has 1 amide bonds. The first-order valence-electron chi connectivity index (χ1n) is 12.6. The maximum absolute atomic E-state index is 12.9. The van der Waals surface area contributed by atoms with Crippen LogP contribution in [0.2, 0.25) is 5.02 Å². The van der Waals surface area contributed by atoms with Crippen LogP contribution in [0.15, 0.2) is 95.0 Å². The number of aliphatic imine (C=N–C) groups is 1. The molecule has 0 radical (unpaired) electrons. The highest BCUT2D eigenvalue weighted by molar-refractivity contribution is 8.18. The number of ether oxygens (including phenoxy) is 2. The number of hydrogen-bond donors (Lipinski definition) is 0. The number of rotatable bonds is 6. The Morgan fingerprint density at radius 1 is 1.00 bits per heavy atom. The number of carbonyl (C=O) groups excluding carboxylic acids is 1. The summed E-state index contributed by atoms with van der Waals surface area (Å²) in [6, 6.07) is 25.3. The summed E-state index contributed by atoms with van der Waals surface area (Å²) in [5.41, 5.74) is 4.26. The van der Waals surface area contributed by atoms with Gasteiger partial charge < -0.3 is 14.4 Å². The molecule has 0 unspecified atom stereocenters. The molecular weight excluding hydrogens is 532 g/mol. The molecule has 0 N–H and O–H groups in total. The van der Waals surface area contributed by atoms with Crippen LogP contribution in [-0.2, 0) is 16.1 Å². The molecule has 3 aromatic carbocycles. The topological polar surface area (TPSA) is 69.0 Å². The quantitative estimate of drug-likeness (QED) is 0.268. The van der Waals surface area contributed by atoms with Gasteiger partial charge in [-0.2, -0.15) is 10.1 Å². The van der Waals surface area contributed by atoms with Crippen molar-refractivity contribution < 1.29 is 14.3 Å². The third-order valence-corrected chi connectivity index (χ3v) is 7.81. The third kappa shape index (κ3) is 5.78. The average Bonchev–Trinajstić information content (AvgIpc) is 3.57. The van der Waals surface area contributed by atoms with Gasteiger partial charge in [0.15, 0.2) is 5.17 Å². The van der Waals surface area contributed by atoms with E-state index >= 15 is 0 Å². The molecule has 3 heterocycles. The molecule has 0 saturated carbocycles. The standard InChI is InChI=1S/C30H25ClN4O3S/c31-26-12-5-4-7-22(26)20-38-25-11-6-8-21(17-25)28-23(19-35(33-28)24-9-2-1-3-10-24)18-27-29(36)32-30(39-27)34-13-15-37-16-14-34/h1-12,17-19H,13-16,20H2. The molecule has 0 spiro atoms. The molecule has 0 atom stereocenters. The molecule has 1 fully saturated rings. The van der Waals surface area contributed by atoms with E-state index in [9.17, 15) is 4.79 Å². The maximum atomic E-state index is 12.9. The zero-order valence-electron chi connectivity index (χ0n) is 21.0. The van der Waals surface area contributed by atoms with E-state index in [2.05, 4.69) is 9.89 Å². The number of hydrogen-bond acceptors (Lipinski definition) is 6. The summed E-state index contributed by atoms with van der Waals surface area (Å²) in [6.07, 6.45) is 3.82. The fourth-order valence-corrected chi connectivity index (χ4v) is 5.52. The summed E-state index contributed by atoms with van der Waals surface area (Å²) >= 11 is 7.70. The highest BCUT2D eigenvalue weighted by Crippen LogP contribution is 2.34. The summed E-state index contributed by atoms with van der Waals surface area (Å²) in [5.74, 6) is 0.460. The second-order valence-electron chi connectivity index (χ2n) is 9.03. The van der Waals surface area contributed by atoms with Crippen molar-refractivity contribution in [1.82, 2.24) is 14.7 Å². The number of amides is 1. The number of para-hydroxylation sites is 1. The van der Waals surface area contributed by atoms with Gasteiger partial charge in [-0.1, -0.05) is 60.1 Å². The summed E-state index contributed by atoms with van der Waals surface area (Å²) in [6.45, 7) is 3.08. The van der Waals surface area contributed by atoms with Crippen LogP contribution in [-0.4, -0.2) is 52.1 Å². The van der Waals surface area contributed by atoms with Crippen LogP contribution in [0.4, 0.5) is 0 Å². The Kier molecular flexibility index (Phi) is 7.49. The highest BCUT2D eigenvalue weighted by atomic mass is 35.5. The molecular formula is C30H25ClN4O3S. The molecule has 39 heavy (non-hydrogen) atoms. The van der Waals surface area contributed by atoms with Crippen molar-refractivity contribution in [1.29, 1.82) is 0 Å². The normalized spacial score (nSPS) is 16.5. The van der Waals surface area contributed by atoms with Crippen LogP contribution in [0.5, 0.6) is 5.75 Å². The van der Waals surface area contributed by atoms with Gasteiger partial charge >= 0.3 is 0 Å². The van der Waals surface area contributed by atoms with Crippen LogP contribution >= 0.6 is 23.4 Å². The third-order valence-electron chi connectivity index (χ3n) is 6.40. The summed E-state index contributed by atoms with van der Waals surface area (Å²) in [4.78, 5) is 19.8. The monoisotopic (exact) mass is 556 g/mol. The van der Waals surface area contributed by atoms with E-state index in [-0.39, 0.29) is 5.91 Å².